The van der Waals surface area contributed by atoms with Crippen molar-refractivity contribution in [2.24, 2.45) is 11.7 Å². The lowest BCUT2D eigenvalue weighted by molar-refractivity contribution is -0.128. The minimum absolute atomic E-state index is 0.0394. The van der Waals surface area contributed by atoms with Crippen molar-refractivity contribution in [2.75, 3.05) is 11.1 Å². The summed E-state index contributed by atoms with van der Waals surface area (Å²) in [5, 5.41) is 15.8. The van der Waals surface area contributed by atoms with Gasteiger partial charge in [0.2, 0.25) is 11.8 Å². The number of rotatable bonds is 10. The number of carbonyl (C=O) groups excluding carboxylic acids is 2. The Bertz CT molecular complexity index is 877. The Morgan fingerprint density at radius 2 is 1.90 bits per heavy atom. The van der Waals surface area contributed by atoms with E-state index in [1.165, 1.54) is 6.20 Å². The highest BCUT2D eigenvalue weighted by atomic mass is 16.3. The van der Waals surface area contributed by atoms with Crippen molar-refractivity contribution < 1.29 is 14.7 Å². The summed E-state index contributed by atoms with van der Waals surface area (Å²) in [7, 11) is 0. The molecule has 0 saturated heterocycles. The van der Waals surface area contributed by atoms with Crippen LogP contribution in [-0.4, -0.2) is 39.0 Å². The molecule has 0 spiro atoms. The van der Waals surface area contributed by atoms with E-state index in [2.05, 4.69) is 20.6 Å². The van der Waals surface area contributed by atoms with Gasteiger partial charge in [-0.1, -0.05) is 50.6 Å². The molecule has 2 rings (SSSR count). The van der Waals surface area contributed by atoms with E-state index in [1.807, 2.05) is 44.2 Å². The van der Waals surface area contributed by atoms with Crippen LogP contribution in [0.4, 0.5) is 11.5 Å². The first-order chi connectivity index (χ1) is 14.7. The van der Waals surface area contributed by atoms with Crippen LogP contribution < -0.4 is 22.1 Å². The summed E-state index contributed by atoms with van der Waals surface area (Å²) in [6.45, 7) is 5.50. The average Bonchev–Trinajstić information content (AvgIpc) is 2.77. The second-order valence-corrected chi connectivity index (χ2v) is 7.68. The zero-order valence-corrected chi connectivity index (χ0v) is 18.2. The Morgan fingerprint density at radius 3 is 2.52 bits per heavy atom. The summed E-state index contributed by atoms with van der Waals surface area (Å²) in [4.78, 5) is 33.4. The monoisotopic (exact) mass is 428 g/mol. The number of aliphatic hydroxyl groups is 1. The predicted octanol–water partition coefficient (Wildman–Crippen LogP) is 1.68. The lowest BCUT2D eigenvalue weighted by atomic mass is 9.97. The second-order valence-electron chi connectivity index (χ2n) is 7.68. The number of aliphatic hydroxyl groups excluding tert-OH is 1. The van der Waals surface area contributed by atoms with Gasteiger partial charge < -0.3 is 27.2 Å². The van der Waals surface area contributed by atoms with E-state index in [4.69, 9.17) is 11.5 Å². The summed E-state index contributed by atoms with van der Waals surface area (Å²) in [5.41, 5.74) is 13.0. The van der Waals surface area contributed by atoms with Gasteiger partial charge in [0.15, 0.2) is 5.82 Å². The smallest absolute Gasteiger partial charge is 0.247 e. The lowest BCUT2D eigenvalue weighted by Crippen LogP contribution is -2.48. The first-order valence-electron chi connectivity index (χ1n) is 10.4. The number of nitrogens with zero attached hydrogens (tertiary/aromatic N) is 2. The van der Waals surface area contributed by atoms with Gasteiger partial charge in [-0.25, -0.2) is 9.97 Å². The van der Waals surface area contributed by atoms with Crippen molar-refractivity contribution in [2.45, 2.75) is 58.2 Å². The van der Waals surface area contributed by atoms with Crippen LogP contribution in [-0.2, 0) is 9.59 Å². The van der Waals surface area contributed by atoms with E-state index in [0.29, 0.717) is 17.9 Å². The quantitative estimate of drug-likeness (QED) is 0.385. The molecule has 1 aromatic heterocycles. The number of nitrogens with one attached hydrogen (secondary N) is 2. The number of anilines is 2. The van der Waals surface area contributed by atoms with Crippen molar-refractivity contribution in [3.8, 4) is 0 Å². The summed E-state index contributed by atoms with van der Waals surface area (Å²) in [6.07, 6.45) is 1.45. The highest BCUT2D eigenvalue weighted by molar-refractivity contribution is 5.98. The molecule has 1 heterocycles. The maximum Gasteiger partial charge on any atom is 0.247 e. The van der Waals surface area contributed by atoms with Gasteiger partial charge in [-0.2, -0.15) is 0 Å². The van der Waals surface area contributed by atoms with Gasteiger partial charge in [-0.15, -0.1) is 0 Å². The van der Waals surface area contributed by atoms with Gasteiger partial charge in [-0.3, -0.25) is 9.59 Å². The zero-order valence-electron chi connectivity index (χ0n) is 18.2. The van der Waals surface area contributed by atoms with Crippen molar-refractivity contribution in [3.63, 3.8) is 0 Å². The van der Waals surface area contributed by atoms with E-state index < -0.39 is 24.1 Å². The van der Waals surface area contributed by atoms with Crippen LogP contribution in [0.5, 0.6) is 0 Å². The number of hydrogen-bond donors (Lipinski definition) is 5. The van der Waals surface area contributed by atoms with Crippen LogP contribution >= 0.6 is 0 Å². The SMILES string of the molecule is CC[C@H](C)[C@H](NC(=O)CC[C@H](O)[C@@H](N)c1ccccc1)C(=O)Nc1cnc(C)nc1N. The van der Waals surface area contributed by atoms with Crippen molar-refractivity contribution in [1.29, 1.82) is 0 Å². The van der Waals surface area contributed by atoms with Crippen LogP contribution in [0.2, 0.25) is 0 Å². The third-order valence-electron chi connectivity index (χ3n) is 5.27. The fourth-order valence-corrected chi connectivity index (χ4v) is 3.10. The third-order valence-corrected chi connectivity index (χ3v) is 5.27. The second kappa shape index (κ2) is 11.4. The standard InChI is InChI=1S/C22H32N6O3/c1-4-13(2)20(22(31)27-16-12-25-14(3)26-21(16)24)28-18(30)11-10-17(29)19(23)15-8-6-5-7-9-15/h5-9,12-13,17,19-20,29H,4,10-11,23H2,1-3H3,(H,27,31)(H,28,30)(H2,24,25,26)/t13-,17-,19-,20-/m0/s1. The van der Waals surface area contributed by atoms with Crippen molar-refractivity contribution in [3.05, 3.63) is 47.9 Å². The van der Waals surface area contributed by atoms with Gasteiger partial charge in [0, 0.05) is 6.42 Å². The van der Waals surface area contributed by atoms with Gasteiger partial charge in [-0.05, 0) is 24.8 Å². The largest absolute Gasteiger partial charge is 0.391 e. The molecule has 1 aromatic carbocycles. The number of aryl methyl sites for hydroxylation is 1. The molecule has 2 aromatic rings. The minimum Gasteiger partial charge on any atom is -0.391 e. The van der Waals surface area contributed by atoms with Crippen LogP contribution in [0.3, 0.4) is 0 Å². The Balaban J connectivity index is 1.96. The Labute approximate surface area is 182 Å². The normalized spacial score (nSPS) is 14.9. The number of nitrogen functional groups attached to an aromatic ring is 1. The Kier molecular flexibility index (Phi) is 8.89. The lowest BCUT2D eigenvalue weighted by Gasteiger charge is -2.24. The predicted molar refractivity (Wildman–Crippen MR) is 120 cm³/mol. The van der Waals surface area contributed by atoms with E-state index >= 15 is 0 Å². The number of benzene rings is 1. The molecule has 0 aliphatic carbocycles. The molecule has 4 atom stereocenters. The van der Waals surface area contributed by atoms with E-state index in [-0.39, 0.29) is 30.5 Å². The first-order valence-corrected chi connectivity index (χ1v) is 10.4. The van der Waals surface area contributed by atoms with E-state index in [0.717, 1.165) is 5.56 Å². The highest BCUT2D eigenvalue weighted by Crippen LogP contribution is 2.19. The molecule has 0 saturated carbocycles. The number of aromatic nitrogens is 2. The molecular formula is C22H32N6O3. The van der Waals surface area contributed by atoms with Crippen LogP contribution in [0, 0.1) is 12.8 Å². The van der Waals surface area contributed by atoms with Gasteiger partial charge >= 0.3 is 0 Å². The van der Waals surface area contributed by atoms with Gasteiger partial charge in [0.1, 0.15) is 17.6 Å². The molecule has 0 aliphatic heterocycles. The summed E-state index contributed by atoms with van der Waals surface area (Å²) >= 11 is 0. The van der Waals surface area contributed by atoms with Crippen molar-refractivity contribution in [1.82, 2.24) is 15.3 Å². The molecule has 31 heavy (non-hydrogen) atoms. The Morgan fingerprint density at radius 1 is 1.23 bits per heavy atom. The number of hydrogen-bond acceptors (Lipinski definition) is 7. The van der Waals surface area contributed by atoms with Crippen molar-refractivity contribution >= 4 is 23.3 Å². The number of amides is 2. The number of nitrogens with two attached hydrogens (primary N) is 2. The molecule has 0 radical (unpaired) electrons. The average molecular weight is 429 g/mol. The molecule has 0 unspecified atom stereocenters. The molecule has 9 heteroatoms. The number of carbonyl (C=O) groups is 2. The fourth-order valence-electron chi connectivity index (χ4n) is 3.10. The molecule has 7 N–H and O–H groups in total. The minimum atomic E-state index is -0.881. The maximum atomic E-state index is 12.8. The fraction of sp³-hybridized carbons (Fsp3) is 0.455. The van der Waals surface area contributed by atoms with E-state index in [9.17, 15) is 14.7 Å². The van der Waals surface area contributed by atoms with E-state index in [1.54, 1.807) is 6.92 Å². The molecule has 0 fully saturated rings. The maximum absolute atomic E-state index is 12.8. The summed E-state index contributed by atoms with van der Waals surface area (Å²) < 4.78 is 0. The Hall–Kier alpha value is -3.04. The molecular weight excluding hydrogens is 396 g/mol. The molecule has 168 valence electrons. The zero-order chi connectivity index (χ0) is 23.0. The van der Waals surface area contributed by atoms with Crippen LogP contribution in [0.1, 0.15) is 50.5 Å². The molecule has 9 nitrogen and oxygen atoms in total. The molecule has 0 bridgehead atoms. The third kappa shape index (κ3) is 7.01. The van der Waals surface area contributed by atoms with Crippen LogP contribution in [0.15, 0.2) is 36.5 Å². The van der Waals surface area contributed by atoms with Gasteiger partial charge in [0.05, 0.1) is 18.3 Å². The van der Waals surface area contributed by atoms with Crippen LogP contribution in [0.25, 0.3) is 0 Å². The highest BCUT2D eigenvalue weighted by Gasteiger charge is 2.27. The topological polar surface area (TPSA) is 156 Å². The van der Waals surface area contributed by atoms with Gasteiger partial charge in [0.25, 0.3) is 0 Å². The first kappa shape index (κ1) is 24.2. The summed E-state index contributed by atoms with van der Waals surface area (Å²) in [6, 6.07) is 7.86. The summed E-state index contributed by atoms with van der Waals surface area (Å²) in [5.74, 6) is -0.202. The molecule has 2 amide bonds. The molecule has 0 aliphatic rings.